The lowest BCUT2D eigenvalue weighted by molar-refractivity contribution is -0.140. The normalized spacial score (nSPS) is 11.5. The number of amides is 1. The number of ether oxygens (including phenoxy) is 2. The molecule has 7 heteroatoms. The Morgan fingerprint density at radius 3 is 2.50 bits per heavy atom. The molecule has 1 aromatic carbocycles. The van der Waals surface area contributed by atoms with Crippen LogP contribution < -0.4 is 5.32 Å². The van der Waals surface area contributed by atoms with Crippen LogP contribution in [0.4, 0.5) is 5.00 Å². The van der Waals surface area contributed by atoms with Crippen LogP contribution in [-0.2, 0) is 19.1 Å². The molecule has 0 aliphatic heterocycles. The van der Waals surface area contributed by atoms with Crippen LogP contribution in [0.15, 0.2) is 36.4 Å². The SMILES string of the molecule is CCOC(=O)c1cc(C(C)c2ccccc2)sc1NC(=O)CCCC(=O)OC. The highest BCUT2D eigenvalue weighted by atomic mass is 32.1. The van der Waals surface area contributed by atoms with E-state index in [4.69, 9.17) is 4.74 Å². The molecule has 0 saturated heterocycles. The van der Waals surface area contributed by atoms with Crippen LogP contribution in [0, 0.1) is 0 Å². The van der Waals surface area contributed by atoms with Crippen molar-refractivity contribution in [3.8, 4) is 0 Å². The zero-order valence-electron chi connectivity index (χ0n) is 16.3. The molecule has 6 nitrogen and oxygen atoms in total. The van der Waals surface area contributed by atoms with Gasteiger partial charge in [0.05, 0.1) is 19.3 Å². The van der Waals surface area contributed by atoms with E-state index >= 15 is 0 Å². The minimum Gasteiger partial charge on any atom is -0.469 e. The van der Waals surface area contributed by atoms with Crippen molar-refractivity contribution >= 4 is 34.2 Å². The van der Waals surface area contributed by atoms with Gasteiger partial charge in [0.25, 0.3) is 0 Å². The molecule has 2 rings (SSSR count). The number of anilines is 1. The van der Waals surface area contributed by atoms with Gasteiger partial charge >= 0.3 is 11.9 Å². The smallest absolute Gasteiger partial charge is 0.341 e. The molecule has 0 aliphatic rings. The van der Waals surface area contributed by atoms with Gasteiger partial charge in [0.2, 0.25) is 5.91 Å². The van der Waals surface area contributed by atoms with E-state index in [1.807, 2.05) is 30.3 Å². The first-order chi connectivity index (χ1) is 13.5. The number of carbonyl (C=O) groups is 3. The Labute approximate surface area is 168 Å². The van der Waals surface area contributed by atoms with E-state index in [2.05, 4.69) is 17.0 Å². The summed E-state index contributed by atoms with van der Waals surface area (Å²) in [7, 11) is 1.31. The molecule has 1 N–H and O–H groups in total. The number of benzene rings is 1. The average Bonchev–Trinajstić information content (AvgIpc) is 3.11. The third-order valence-corrected chi connectivity index (χ3v) is 5.47. The van der Waals surface area contributed by atoms with Crippen LogP contribution in [0.25, 0.3) is 0 Å². The van der Waals surface area contributed by atoms with Gasteiger partial charge in [-0.1, -0.05) is 37.3 Å². The second-order valence-electron chi connectivity index (χ2n) is 6.22. The third-order valence-electron chi connectivity index (χ3n) is 4.24. The van der Waals surface area contributed by atoms with Crippen molar-refractivity contribution in [2.75, 3.05) is 19.0 Å². The molecule has 1 amide bonds. The summed E-state index contributed by atoms with van der Waals surface area (Å²) in [5.41, 5.74) is 1.47. The highest BCUT2D eigenvalue weighted by Gasteiger charge is 2.22. The fraction of sp³-hybridized carbons (Fsp3) is 0.381. The molecule has 0 spiro atoms. The van der Waals surface area contributed by atoms with Gasteiger partial charge in [0, 0.05) is 23.6 Å². The van der Waals surface area contributed by atoms with Crippen LogP contribution in [0.3, 0.4) is 0 Å². The Balaban J connectivity index is 2.16. The second-order valence-corrected chi connectivity index (χ2v) is 7.31. The molecular weight excluding hydrogens is 378 g/mol. The van der Waals surface area contributed by atoms with E-state index in [1.165, 1.54) is 18.4 Å². The number of thiophene rings is 1. The Hall–Kier alpha value is -2.67. The van der Waals surface area contributed by atoms with Gasteiger partial charge < -0.3 is 14.8 Å². The van der Waals surface area contributed by atoms with Crippen molar-refractivity contribution in [3.05, 3.63) is 52.4 Å². The molecule has 2 aromatic rings. The number of methoxy groups -OCH3 is 1. The van der Waals surface area contributed by atoms with Crippen LogP contribution in [0.5, 0.6) is 0 Å². The minimum absolute atomic E-state index is 0.0735. The van der Waals surface area contributed by atoms with E-state index in [-0.39, 0.29) is 37.2 Å². The lowest BCUT2D eigenvalue weighted by atomic mass is 9.99. The second kappa shape index (κ2) is 10.6. The van der Waals surface area contributed by atoms with E-state index < -0.39 is 5.97 Å². The highest BCUT2D eigenvalue weighted by molar-refractivity contribution is 7.16. The number of esters is 2. The quantitative estimate of drug-likeness (QED) is 0.629. The first kappa shape index (κ1) is 21.6. The zero-order valence-corrected chi connectivity index (χ0v) is 17.1. The summed E-state index contributed by atoms with van der Waals surface area (Å²) in [5, 5.41) is 3.27. The molecule has 0 radical (unpaired) electrons. The fourth-order valence-corrected chi connectivity index (χ4v) is 3.81. The van der Waals surface area contributed by atoms with Gasteiger partial charge in [-0.05, 0) is 25.0 Å². The molecule has 0 fully saturated rings. The van der Waals surface area contributed by atoms with Crippen LogP contribution in [0.1, 0.15) is 59.8 Å². The molecule has 1 heterocycles. The maximum absolute atomic E-state index is 12.3. The number of hydrogen-bond donors (Lipinski definition) is 1. The van der Waals surface area contributed by atoms with Crippen LogP contribution in [0.2, 0.25) is 0 Å². The summed E-state index contributed by atoms with van der Waals surface area (Å²) in [6.45, 7) is 4.05. The summed E-state index contributed by atoms with van der Waals surface area (Å²) in [6.07, 6.45) is 0.722. The van der Waals surface area contributed by atoms with E-state index in [0.29, 0.717) is 17.0 Å². The van der Waals surface area contributed by atoms with Crippen molar-refractivity contribution in [3.63, 3.8) is 0 Å². The van der Waals surface area contributed by atoms with Crippen molar-refractivity contribution < 1.29 is 23.9 Å². The number of hydrogen-bond acceptors (Lipinski definition) is 6. The molecule has 1 unspecified atom stereocenters. The Bertz CT molecular complexity index is 815. The Morgan fingerprint density at radius 1 is 1.14 bits per heavy atom. The first-order valence-electron chi connectivity index (χ1n) is 9.18. The molecule has 28 heavy (non-hydrogen) atoms. The predicted molar refractivity (Wildman–Crippen MR) is 109 cm³/mol. The zero-order chi connectivity index (χ0) is 20.5. The maximum atomic E-state index is 12.3. The number of rotatable bonds is 9. The third kappa shape index (κ3) is 5.92. The lowest BCUT2D eigenvalue weighted by Gasteiger charge is -2.09. The molecule has 0 bridgehead atoms. The van der Waals surface area contributed by atoms with Crippen molar-refractivity contribution in [1.82, 2.24) is 0 Å². The molecule has 0 aliphatic carbocycles. The Morgan fingerprint density at radius 2 is 1.86 bits per heavy atom. The van der Waals surface area contributed by atoms with Crippen LogP contribution in [-0.4, -0.2) is 31.6 Å². The van der Waals surface area contributed by atoms with E-state index in [1.54, 1.807) is 13.0 Å². The number of nitrogens with one attached hydrogen (secondary N) is 1. The number of carbonyl (C=O) groups excluding carboxylic acids is 3. The highest BCUT2D eigenvalue weighted by Crippen LogP contribution is 2.36. The minimum atomic E-state index is -0.463. The van der Waals surface area contributed by atoms with Crippen molar-refractivity contribution in [2.24, 2.45) is 0 Å². The fourth-order valence-electron chi connectivity index (χ4n) is 2.67. The van der Waals surface area contributed by atoms with E-state index in [0.717, 1.165) is 10.4 Å². The van der Waals surface area contributed by atoms with Gasteiger partial charge in [-0.15, -0.1) is 11.3 Å². The average molecular weight is 404 g/mol. The summed E-state index contributed by atoms with van der Waals surface area (Å²) in [5.74, 6) is -0.996. The van der Waals surface area contributed by atoms with Crippen LogP contribution >= 0.6 is 11.3 Å². The lowest BCUT2D eigenvalue weighted by Crippen LogP contribution is -2.14. The maximum Gasteiger partial charge on any atom is 0.341 e. The van der Waals surface area contributed by atoms with Crippen molar-refractivity contribution in [2.45, 2.75) is 39.0 Å². The van der Waals surface area contributed by atoms with Gasteiger partial charge in [0.1, 0.15) is 5.00 Å². The predicted octanol–water partition coefficient (Wildman–Crippen LogP) is 4.36. The van der Waals surface area contributed by atoms with Gasteiger partial charge in [-0.2, -0.15) is 0 Å². The molecule has 1 aromatic heterocycles. The Kier molecular flexibility index (Phi) is 8.19. The monoisotopic (exact) mass is 403 g/mol. The van der Waals surface area contributed by atoms with E-state index in [9.17, 15) is 14.4 Å². The van der Waals surface area contributed by atoms with Gasteiger partial charge in [-0.25, -0.2) is 4.79 Å². The molecular formula is C21H25NO5S. The first-order valence-corrected chi connectivity index (χ1v) is 10.00. The van der Waals surface area contributed by atoms with Crippen molar-refractivity contribution in [1.29, 1.82) is 0 Å². The van der Waals surface area contributed by atoms with Gasteiger partial charge in [-0.3, -0.25) is 9.59 Å². The summed E-state index contributed by atoms with van der Waals surface area (Å²) >= 11 is 1.36. The molecule has 1 atom stereocenters. The largest absolute Gasteiger partial charge is 0.469 e. The molecule has 0 saturated carbocycles. The molecule has 150 valence electrons. The summed E-state index contributed by atoms with van der Waals surface area (Å²) in [4.78, 5) is 36.7. The standard InChI is InChI=1S/C21H25NO5S/c1-4-27-21(25)16-13-17(14(2)15-9-6-5-7-10-15)28-20(16)22-18(23)11-8-12-19(24)26-3/h5-7,9-10,13-14H,4,8,11-12H2,1-3H3,(H,22,23). The summed E-state index contributed by atoms with van der Waals surface area (Å²) in [6, 6.07) is 11.7. The topological polar surface area (TPSA) is 81.7 Å². The summed E-state index contributed by atoms with van der Waals surface area (Å²) < 4.78 is 9.70. The van der Waals surface area contributed by atoms with Gasteiger partial charge in [0.15, 0.2) is 0 Å².